The van der Waals surface area contributed by atoms with Crippen LogP contribution in [0.4, 0.5) is 8.78 Å². The first-order chi connectivity index (χ1) is 22.1. The zero-order chi connectivity index (χ0) is 32.8. The smallest absolute Gasteiger partial charge is 0.306 e. The lowest BCUT2D eigenvalue weighted by Crippen LogP contribution is -2.24. The molecule has 0 saturated carbocycles. The number of esters is 1. The molecule has 3 aromatic carbocycles. The molecule has 5 rings (SSSR count). The number of aromatic hydroxyl groups is 1. The van der Waals surface area contributed by atoms with Crippen LogP contribution in [0.1, 0.15) is 30.0 Å². The van der Waals surface area contributed by atoms with E-state index in [9.17, 15) is 14.3 Å². The first-order valence-electron chi connectivity index (χ1n) is 14.3. The Morgan fingerprint density at radius 3 is 2.52 bits per heavy atom. The predicted octanol–water partition coefficient (Wildman–Crippen LogP) is 6.27. The van der Waals surface area contributed by atoms with Gasteiger partial charge in [-0.05, 0) is 67.4 Å². The van der Waals surface area contributed by atoms with Gasteiger partial charge in [-0.15, -0.1) is 0 Å². The average molecular weight is 648 g/mol. The lowest BCUT2D eigenvalue weighted by molar-refractivity contribution is -0.143. The number of amidine groups is 2. The number of aromatic nitrogens is 1. The second-order valence-corrected chi connectivity index (χ2v) is 11.3. The van der Waals surface area contributed by atoms with E-state index in [0.29, 0.717) is 43.9 Å². The number of nitrogens with zero attached hydrogens (tertiary/aromatic N) is 3. The zero-order valence-corrected chi connectivity index (χ0v) is 25.9. The number of hydrogen-bond acceptors (Lipinski definition) is 10. The number of likely N-dealkylation sites (N-methyl/N-ethyl adjacent to an activating group) is 1. The molecule has 13 heteroatoms. The van der Waals surface area contributed by atoms with Crippen molar-refractivity contribution in [1.29, 1.82) is 5.41 Å². The maximum atomic E-state index is 15.6. The molecular weight excluding hydrogens is 616 g/mol. The molecule has 0 fully saturated rings. The standard InChI is InChI=1S/C33H31F2N5O5S/c1-3-43-28(42)13-6-19-4-8-21(9-5-19)46-22-10-12-26(23(17-22)32-38-14-15-40(32)2)44-30-24(34)18-39-33(29(30)35)45-27-16-20(31(36)37)7-11-25(27)41/h4-5,7-12,16-18,41H,3,6,13-15H2,1-2H3,(H3,36,37). The van der Waals surface area contributed by atoms with Gasteiger partial charge in [-0.25, -0.2) is 9.37 Å². The molecule has 1 aliphatic rings. The first-order valence-corrected chi connectivity index (χ1v) is 15.1. The van der Waals surface area contributed by atoms with Gasteiger partial charge in [0.1, 0.15) is 17.4 Å². The summed E-state index contributed by atoms with van der Waals surface area (Å²) in [5, 5.41) is 17.8. The number of carbonyl (C=O) groups is 1. The van der Waals surface area contributed by atoms with Crippen molar-refractivity contribution in [3.63, 3.8) is 0 Å². The number of nitrogens with two attached hydrogens (primary N) is 1. The van der Waals surface area contributed by atoms with Gasteiger partial charge in [0.15, 0.2) is 17.3 Å². The Bertz CT molecular complexity index is 1800. The van der Waals surface area contributed by atoms with E-state index in [-0.39, 0.29) is 34.6 Å². The normalized spacial score (nSPS) is 12.5. The zero-order valence-electron chi connectivity index (χ0n) is 25.0. The number of halogens is 2. The third kappa shape index (κ3) is 7.54. The minimum Gasteiger partial charge on any atom is -0.504 e. The molecule has 0 spiro atoms. The molecule has 46 heavy (non-hydrogen) atoms. The number of ether oxygens (including phenoxy) is 3. The summed E-state index contributed by atoms with van der Waals surface area (Å²) in [5.74, 6) is -4.07. The number of nitrogen functional groups attached to an aromatic ring is 1. The van der Waals surface area contributed by atoms with Crippen LogP contribution in [-0.2, 0) is 16.0 Å². The lowest BCUT2D eigenvalue weighted by atomic mass is 10.1. The van der Waals surface area contributed by atoms with Crippen LogP contribution < -0.4 is 15.2 Å². The second kappa shape index (κ2) is 14.3. The Hall–Kier alpha value is -5.17. The molecule has 0 aliphatic carbocycles. The third-order valence-corrected chi connectivity index (χ3v) is 7.92. The molecule has 0 bridgehead atoms. The summed E-state index contributed by atoms with van der Waals surface area (Å²) in [6.45, 7) is 3.35. The van der Waals surface area contributed by atoms with E-state index >= 15 is 4.39 Å². The molecule has 0 saturated heterocycles. The van der Waals surface area contributed by atoms with Crippen molar-refractivity contribution >= 4 is 29.4 Å². The molecule has 4 N–H and O–H groups in total. The molecule has 0 atom stereocenters. The van der Waals surface area contributed by atoms with Crippen LogP contribution in [0.2, 0.25) is 0 Å². The molecule has 0 amide bonds. The summed E-state index contributed by atoms with van der Waals surface area (Å²) >= 11 is 1.49. The maximum Gasteiger partial charge on any atom is 0.306 e. The largest absolute Gasteiger partial charge is 0.504 e. The Morgan fingerprint density at radius 1 is 1.07 bits per heavy atom. The lowest BCUT2D eigenvalue weighted by Gasteiger charge is -2.19. The van der Waals surface area contributed by atoms with Crippen LogP contribution in [0.3, 0.4) is 0 Å². The van der Waals surface area contributed by atoms with Gasteiger partial charge in [0.25, 0.3) is 5.88 Å². The van der Waals surface area contributed by atoms with Crippen molar-refractivity contribution in [2.45, 2.75) is 29.6 Å². The van der Waals surface area contributed by atoms with Crippen LogP contribution >= 0.6 is 11.8 Å². The Labute approximate surface area is 268 Å². The monoisotopic (exact) mass is 647 g/mol. The van der Waals surface area contributed by atoms with Crippen molar-refractivity contribution < 1.29 is 32.9 Å². The van der Waals surface area contributed by atoms with E-state index in [1.165, 1.54) is 30.0 Å². The van der Waals surface area contributed by atoms with E-state index < -0.39 is 23.3 Å². The Balaban J connectivity index is 1.40. The highest BCUT2D eigenvalue weighted by molar-refractivity contribution is 7.99. The number of aliphatic imine (C=N–C) groups is 1. The van der Waals surface area contributed by atoms with Gasteiger partial charge in [-0.2, -0.15) is 4.39 Å². The molecular formula is C33H31F2N5O5S. The number of hydrogen-bond donors (Lipinski definition) is 3. The Morgan fingerprint density at radius 2 is 1.83 bits per heavy atom. The van der Waals surface area contributed by atoms with Crippen LogP contribution in [0, 0.1) is 17.0 Å². The fourth-order valence-corrected chi connectivity index (χ4v) is 5.43. The van der Waals surface area contributed by atoms with E-state index in [2.05, 4.69) is 9.98 Å². The highest BCUT2D eigenvalue weighted by atomic mass is 32.2. The summed E-state index contributed by atoms with van der Waals surface area (Å²) in [7, 11) is 1.87. The maximum absolute atomic E-state index is 15.6. The van der Waals surface area contributed by atoms with E-state index in [0.717, 1.165) is 21.6 Å². The molecule has 1 aromatic heterocycles. The van der Waals surface area contributed by atoms with Crippen molar-refractivity contribution in [2.24, 2.45) is 10.7 Å². The van der Waals surface area contributed by atoms with Gasteiger partial charge in [0.2, 0.25) is 11.6 Å². The van der Waals surface area contributed by atoms with Crippen LogP contribution in [0.15, 0.2) is 81.6 Å². The summed E-state index contributed by atoms with van der Waals surface area (Å²) in [4.78, 5) is 23.7. The van der Waals surface area contributed by atoms with Crippen molar-refractivity contribution in [3.8, 4) is 28.9 Å². The fourth-order valence-electron chi connectivity index (χ4n) is 4.57. The molecule has 10 nitrogen and oxygen atoms in total. The molecule has 0 unspecified atom stereocenters. The molecule has 1 aliphatic heterocycles. The predicted molar refractivity (Wildman–Crippen MR) is 169 cm³/mol. The van der Waals surface area contributed by atoms with Gasteiger partial charge in [0, 0.05) is 35.4 Å². The number of phenolic OH excluding ortho intramolecular Hbond substituents is 1. The quantitative estimate of drug-likeness (QED) is 0.0921. The second-order valence-electron chi connectivity index (χ2n) is 10.2. The third-order valence-electron chi connectivity index (χ3n) is 6.92. The minimum absolute atomic E-state index is 0.155. The molecule has 4 aromatic rings. The highest BCUT2D eigenvalue weighted by Gasteiger charge is 2.25. The van der Waals surface area contributed by atoms with Gasteiger partial charge in [-0.1, -0.05) is 23.9 Å². The molecule has 2 heterocycles. The van der Waals surface area contributed by atoms with Crippen LogP contribution in [0.25, 0.3) is 0 Å². The molecule has 0 radical (unpaired) electrons. The number of pyridine rings is 1. The van der Waals surface area contributed by atoms with Crippen molar-refractivity contribution in [3.05, 3.63) is 95.2 Å². The average Bonchev–Trinajstić information content (AvgIpc) is 3.47. The summed E-state index contributed by atoms with van der Waals surface area (Å²) in [6.07, 6.45) is 1.63. The summed E-state index contributed by atoms with van der Waals surface area (Å²) in [5.41, 5.74) is 7.27. The number of rotatable bonds is 12. The van der Waals surface area contributed by atoms with E-state index in [1.54, 1.807) is 19.1 Å². The fraction of sp³-hybridized carbons (Fsp3) is 0.212. The topological polar surface area (TPSA) is 143 Å². The van der Waals surface area contributed by atoms with Crippen molar-refractivity contribution in [2.75, 3.05) is 26.7 Å². The van der Waals surface area contributed by atoms with Crippen LogP contribution in [0.5, 0.6) is 28.9 Å². The van der Waals surface area contributed by atoms with Gasteiger partial charge >= 0.3 is 5.97 Å². The highest BCUT2D eigenvalue weighted by Crippen LogP contribution is 2.39. The van der Waals surface area contributed by atoms with Gasteiger partial charge in [0.05, 0.1) is 24.9 Å². The Kier molecular flexibility index (Phi) is 10.0. The van der Waals surface area contributed by atoms with E-state index in [1.807, 2.05) is 42.3 Å². The number of nitrogens with one attached hydrogen (secondary N) is 1. The summed E-state index contributed by atoms with van der Waals surface area (Å²) in [6, 6.07) is 16.9. The summed E-state index contributed by atoms with van der Waals surface area (Å²) < 4.78 is 46.9. The van der Waals surface area contributed by atoms with Gasteiger partial charge in [-0.3, -0.25) is 15.2 Å². The number of aryl methyl sites for hydroxylation is 1. The number of carbonyl (C=O) groups excluding carboxylic acids is 1. The van der Waals surface area contributed by atoms with Crippen molar-refractivity contribution in [1.82, 2.24) is 9.88 Å². The molecule has 238 valence electrons. The number of benzene rings is 3. The van der Waals surface area contributed by atoms with Gasteiger partial charge < -0.3 is 30.0 Å². The number of phenols is 1. The SMILES string of the molecule is CCOC(=O)CCc1ccc(Sc2ccc(Oc3c(F)cnc(Oc4cc(C(=N)N)ccc4O)c3F)c(C3=NCCN3C)c2)cc1. The minimum atomic E-state index is -1.23. The first kappa shape index (κ1) is 32.2. The van der Waals surface area contributed by atoms with E-state index in [4.69, 9.17) is 25.4 Å². The van der Waals surface area contributed by atoms with Crippen LogP contribution in [-0.4, -0.2) is 59.4 Å².